The van der Waals surface area contributed by atoms with Gasteiger partial charge in [-0.15, -0.1) is 0 Å². The lowest BCUT2D eigenvalue weighted by Gasteiger charge is -2.15. The smallest absolute Gasteiger partial charge is 0.338 e. The number of hydrogen-bond donors (Lipinski definition) is 1. The Bertz CT molecular complexity index is 1320. The van der Waals surface area contributed by atoms with Gasteiger partial charge in [0, 0.05) is 13.0 Å². The Hall–Kier alpha value is -3.76. The van der Waals surface area contributed by atoms with Crippen molar-refractivity contribution in [3.63, 3.8) is 0 Å². The van der Waals surface area contributed by atoms with Crippen LogP contribution in [0.25, 0.3) is 10.8 Å². The molecule has 0 saturated carbocycles. The molecule has 0 aromatic heterocycles. The largest absolute Gasteiger partial charge is 0.457 e. The highest BCUT2D eigenvalue weighted by Crippen LogP contribution is 2.22. The maximum absolute atomic E-state index is 13.0. The van der Waals surface area contributed by atoms with Gasteiger partial charge in [0.2, 0.25) is 0 Å². The highest BCUT2D eigenvalue weighted by molar-refractivity contribution is 5.91. The van der Waals surface area contributed by atoms with Crippen LogP contribution in [-0.4, -0.2) is 18.3 Å². The molecule has 4 heteroatoms. The minimum Gasteiger partial charge on any atom is -0.457 e. The first-order valence-corrected chi connectivity index (χ1v) is 11.5. The van der Waals surface area contributed by atoms with Gasteiger partial charge in [-0.2, -0.15) is 0 Å². The Kier molecular flexibility index (Phi) is 7.19. The van der Waals surface area contributed by atoms with E-state index >= 15 is 0 Å². The summed E-state index contributed by atoms with van der Waals surface area (Å²) in [5, 5.41) is 2.28. The number of benzene rings is 4. The number of ether oxygens (including phenoxy) is 1. The molecule has 0 fully saturated rings. The van der Waals surface area contributed by atoms with Gasteiger partial charge in [-0.3, -0.25) is 4.79 Å². The Morgan fingerprint density at radius 3 is 2.24 bits per heavy atom. The highest BCUT2D eigenvalue weighted by atomic mass is 16.5. The van der Waals surface area contributed by atoms with Crippen LogP contribution in [0.2, 0.25) is 0 Å². The minimum absolute atomic E-state index is 0.0896. The van der Waals surface area contributed by atoms with E-state index in [0.29, 0.717) is 12.0 Å². The van der Waals surface area contributed by atoms with E-state index in [9.17, 15) is 9.59 Å². The first-order valence-electron chi connectivity index (χ1n) is 11.5. The Balaban J connectivity index is 1.39. The molecule has 2 N–H and O–H groups in total. The lowest BCUT2D eigenvalue weighted by Crippen LogP contribution is -2.23. The van der Waals surface area contributed by atoms with Crippen LogP contribution in [0, 0.1) is 13.8 Å². The van der Waals surface area contributed by atoms with Gasteiger partial charge in [0.05, 0.1) is 11.5 Å². The van der Waals surface area contributed by atoms with Crippen molar-refractivity contribution in [3.8, 4) is 0 Å². The molecule has 0 unspecified atom stereocenters. The SMILES string of the molecule is Cc1ccc(C(=O)OCc2ccc([C@H](CN)C(=O)Cc3ccc4ccccc4c3)cc2)c(C)c1. The van der Waals surface area contributed by atoms with Gasteiger partial charge in [-0.05, 0) is 52.9 Å². The van der Waals surface area contributed by atoms with Crippen molar-refractivity contribution in [1.82, 2.24) is 0 Å². The number of carbonyl (C=O) groups excluding carboxylic acids is 2. The molecule has 4 rings (SSSR count). The summed E-state index contributed by atoms with van der Waals surface area (Å²) in [4.78, 5) is 25.5. The molecule has 4 aromatic rings. The fourth-order valence-corrected chi connectivity index (χ4v) is 4.24. The molecule has 1 atom stereocenters. The number of Topliss-reactive ketones (excluding diaryl/α,β-unsaturated/α-hetero) is 1. The topological polar surface area (TPSA) is 69.4 Å². The zero-order valence-electron chi connectivity index (χ0n) is 19.6. The molecule has 0 aliphatic rings. The second kappa shape index (κ2) is 10.4. The van der Waals surface area contributed by atoms with Gasteiger partial charge in [-0.25, -0.2) is 4.79 Å². The van der Waals surface area contributed by atoms with E-state index in [0.717, 1.165) is 38.6 Å². The van der Waals surface area contributed by atoms with Gasteiger partial charge in [0.25, 0.3) is 0 Å². The summed E-state index contributed by atoms with van der Waals surface area (Å²) in [6.45, 7) is 4.31. The lowest BCUT2D eigenvalue weighted by atomic mass is 9.90. The third kappa shape index (κ3) is 5.41. The van der Waals surface area contributed by atoms with Crippen LogP contribution in [0.15, 0.2) is 84.9 Å². The molecule has 0 bridgehead atoms. The predicted molar refractivity (Wildman–Crippen MR) is 136 cm³/mol. The second-order valence-electron chi connectivity index (χ2n) is 8.75. The number of rotatable bonds is 8. The van der Waals surface area contributed by atoms with Crippen LogP contribution < -0.4 is 5.73 Å². The number of hydrogen-bond acceptors (Lipinski definition) is 4. The zero-order valence-corrected chi connectivity index (χ0v) is 19.6. The van der Waals surface area contributed by atoms with E-state index in [-0.39, 0.29) is 30.8 Å². The van der Waals surface area contributed by atoms with Crippen LogP contribution >= 0.6 is 0 Å². The van der Waals surface area contributed by atoms with Crippen molar-refractivity contribution in [3.05, 3.63) is 118 Å². The first-order chi connectivity index (χ1) is 16.4. The van der Waals surface area contributed by atoms with E-state index in [1.54, 1.807) is 6.07 Å². The molecule has 0 amide bonds. The van der Waals surface area contributed by atoms with Crippen molar-refractivity contribution >= 4 is 22.5 Å². The van der Waals surface area contributed by atoms with Crippen molar-refractivity contribution in [2.45, 2.75) is 32.8 Å². The lowest BCUT2D eigenvalue weighted by molar-refractivity contribution is -0.119. The van der Waals surface area contributed by atoms with Crippen LogP contribution in [0.3, 0.4) is 0 Å². The summed E-state index contributed by atoms with van der Waals surface area (Å²) < 4.78 is 5.49. The van der Waals surface area contributed by atoms with Crippen LogP contribution in [0.5, 0.6) is 0 Å². The number of ketones is 1. The normalized spacial score (nSPS) is 11.9. The Morgan fingerprint density at radius 2 is 1.53 bits per heavy atom. The third-order valence-corrected chi connectivity index (χ3v) is 6.17. The summed E-state index contributed by atoms with van der Waals surface area (Å²) in [7, 11) is 0. The summed E-state index contributed by atoms with van der Waals surface area (Å²) >= 11 is 0. The first kappa shape index (κ1) is 23.4. The fourth-order valence-electron chi connectivity index (χ4n) is 4.24. The number of esters is 1. The standard InChI is InChI=1S/C30H29NO3/c1-20-7-14-27(21(2)15-20)30(33)34-19-22-8-12-25(13-9-22)28(18-31)29(32)17-23-10-11-24-5-3-4-6-26(24)16-23/h3-16,28H,17-19,31H2,1-2H3/t28-/m0/s1. The molecular formula is C30H29NO3. The van der Waals surface area contributed by atoms with Crippen molar-refractivity contribution in [2.24, 2.45) is 5.73 Å². The number of fused-ring (bicyclic) bond motifs is 1. The zero-order chi connectivity index (χ0) is 24.1. The summed E-state index contributed by atoms with van der Waals surface area (Å²) in [6.07, 6.45) is 0.335. The molecule has 172 valence electrons. The average Bonchev–Trinajstić information content (AvgIpc) is 2.83. The van der Waals surface area contributed by atoms with E-state index in [1.807, 2.05) is 74.5 Å². The molecule has 4 nitrogen and oxygen atoms in total. The Morgan fingerprint density at radius 1 is 0.824 bits per heavy atom. The van der Waals surface area contributed by atoms with E-state index in [4.69, 9.17) is 10.5 Å². The minimum atomic E-state index is -0.377. The van der Waals surface area contributed by atoms with Crippen LogP contribution in [-0.2, 0) is 22.6 Å². The van der Waals surface area contributed by atoms with Gasteiger partial charge < -0.3 is 10.5 Å². The van der Waals surface area contributed by atoms with Crippen molar-refractivity contribution in [1.29, 1.82) is 0 Å². The average molecular weight is 452 g/mol. The van der Waals surface area contributed by atoms with Gasteiger partial charge in [-0.1, -0.05) is 84.4 Å². The maximum atomic E-state index is 13.0. The van der Waals surface area contributed by atoms with E-state index in [2.05, 4.69) is 18.2 Å². The van der Waals surface area contributed by atoms with Crippen LogP contribution in [0.4, 0.5) is 0 Å². The van der Waals surface area contributed by atoms with E-state index in [1.165, 1.54) is 0 Å². The molecule has 0 aliphatic carbocycles. The summed E-state index contributed by atoms with van der Waals surface area (Å²) in [6, 6.07) is 27.5. The van der Waals surface area contributed by atoms with Crippen molar-refractivity contribution in [2.75, 3.05) is 6.54 Å². The predicted octanol–water partition coefficient (Wildman–Crippen LogP) is 5.67. The molecule has 0 aliphatic heterocycles. The number of carbonyl (C=O) groups is 2. The quantitative estimate of drug-likeness (QED) is 0.351. The van der Waals surface area contributed by atoms with Crippen LogP contribution in [0.1, 0.15) is 44.1 Å². The molecule has 0 radical (unpaired) electrons. The molecule has 4 aromatic carbocycles. The molecular weight excluding hydrogens is 422 g/mol. The third-order valence-electron chi connectivity index (χ3n) is 6.17. The van der Waals surface area contributed by atoms with Crippen molar-refractivity contribution < 1.29 is 14.3 Å². The van der Waals surface area contributed by atoms with E-state index < -0.39 is 0 Å². The summed E-state index contributed by atoms with van der Waals surface area (Å²) in [5.41, 5.74) is 11.3. The van der Waals surface area contributed by atoms with Gasteiger partial charge >= 0.3 is 5.97 Å². The molecule has 34 heavy (non-hydrogen) atoms. The highest BCUT2D eigenvalue weighted by Gasteiger charge is 2.19. The van der Waals surface area contributed by atoms with Gasteiger partial charge in [0.1, 0.15) is 12.4 Å². The Labute approximate surface area is 200 Å². The van der Waals surface area contributed by atoms with Gasteiger partial charge in [0.15, 0.2) is 0 Å². The number of nitrogens with two attached hydrogens (primary N) is 1. The molecule has 0 heterocycles. The second-order valence-corrected chi connectivity index (χ2v) is 8.75. The monoisotopic (exact) mass is 451 g/mol. The molecule has 0 saturated heterocycles. The summed E-state index contributed by atoms with van der Waals surface area (Å²) in [5.74, 6) is -0.628. The molecule has 0 spiro atoms. The number of aryl methyl sites for hydroxylation is 2. The maximum Gasteiger partial charge on any atom is 0.338 e. The fraction of sp³-hybridized carbons (Fsp3) is 0.200.